The van der Waals surface area contributed by atoms with Crippen molar-refractivity contribution in [2.75, 3.05) is 19.8 Å². The maximum absolute atomic E-state index is 12.7. The van der Waals surface area contributed by atoms with Crippen molar-refractivity contribution in [2.45, 2.75) is 6.04 Å². The summed E-state index contributed by atoms with van der Waals surface area (Å²) in [5, 5.41) is 14.1. The van der Waals surface area contributed by atoms with Gasteiger partial charge in [-0.25, -0.2) is 0 Å². The molecule has 0 aromatic heterocycles. The standard InChI is InChI=1S/C17H14N2O6/c20-17(18-12-9-25-14-4-2-1-3-10(12)14)11-7-15-16(24-6-5-23-15)8-13(11)19(21)22/h1-4,7-8,12H,5-6,9H2,(H,18,20)/t12-/m0/s1. The second-order valence-corrected chi connectivity index (χ2v) is 5.65. The summed E-state index contributed by atoms with van der Waals surface area (Å²) in [6.07, 6.45) is 0. The van der Waals surface area contributed by atoms with Crippen LogP contribution in [0.4, 0.5) is 5.69 Å². The molecule has 1 amide bonds. The van der Waals surface area contributed by atoms with Crippen LogP contribution in [0.2, 0.25) is 0 Å². The Morgan fingerprint density at radius 2 is 1.80 bits per heavy atom. The van der Waals surface area contributed by atoms with Gasteiger partial charge in [0.2, 0.25) is 0 Å². The van der Waals surface area contributed by atoms with Crippen LogP contribution in [0.1, 0.15) is 22.0 Å². The van der Waals surface area contributed by atoms with E-state index in [1.54, 1.807) is 0 Å². The van der Waals surface area contributed by atoms with Gasteiger partial charge in [0.25, 0.3) is 11.6 Å². The molecule has 2 aromatic carbocycles. The van der Waals surface area contributed by atoms with Crippen LogP contribution in [0.3, 0.4) is 0 Å². The number of fused-ring (bicyclic) bond motifs is 2. The topological polar surface area (TPSA) is 99.9 Å². The number of hydrogen-bond donors (Lipinski definition) is 1. The van der Waals surface area contributed by atoms with E-state index in [-0.39, 0.29) is 29.6 Å². The Morgan fingerprint density at radius 1 is 1.08 bits per heavy atom. The fourth-order valence-electron chi connectivity index (χ4n) is 2.93. The largest absolute Gasteiger partial charge is 0.491 e. The van der Waals surface area contributed by atoms with Crippen molar-refractivity contribution in [1.82, 2.24) is 5.32 Å². The van der Waals surface area contributed by atoms with Gasteiger partial charge in [-0.2, -0.15) is 0 Å². The molecule has 0 aliphatic carbocycles. The van der Waals surface area contributed by atoms with Crippen molar-refractivity contribution in [2.24, 2.45) is 0 Å². The van der Waals surface area contributed by atoms with E-state index in [9.17, 15) is 14.9 Å². The van der Waals surface area contributed by atoms with Crippen molar-refractivity contribution in [3.05, 3.63) is 57.6 Å². The minimum Gasteiger partial charge on any atom is -0.491 e. The number of nitro groups is 1. The highest BCUT2D eigenvalue weighted by molar-refractivity contribution is 5.99. The second-order valence-electron chi connectivity index (χ2n) is 5.65. The van der Waals surface area contributed by atoms with Crippen LogP contribution in [0.15, 0.2) is 36.4 Å². The number of nitrogens with zero attached hydrogens (tertiary/aromatic N) is 1. The number of carbonyl (C=O) groups excluding carboxylic acids is 1. The molecule has 2 aliphatic heterocycles. The molecule has 0 fully saturated rings. The molecule has 8 heteroatoms. The predicted octanol–water partition coefficient (Wildman–Crippen LogP) is 2.23. The molecule has 0 saturated carbocycles. The molecule has 0 spiro atoms. The molecule has 1 N–H and O–H groups in total. The first kappa shape index (κ1) is 15.3. The molecule has 2 heterocycles. The van der Waals surface area contributed by atoms with E-state index in [0.29, 0.717) is 24.7 Å². The normalized spacial score (nSPS) is 17.4. The number of para-hydroxylation sites is 1. The van der Waals surface area contributed by atoms with E-state index in [1.165, 1.54) is 12.1 Å². The molecule has 128 valence electrons. The number of amides is 1. The first-order chi connectivity index (χ1) is 12.1. The Hall–Kier alpha value is -3.29. The van der Waals surface area contributed by atoms with E-state index in [4.69, 9.17) is 14.2 Å². The molecular formula is C17H14N2O6. The lowest BCUT2D eigenvalue weighted by atomic mass is 10.1. The van der Waals surface area contributed by atoms with E-state index >= 15 is 0 Å². The predicted molar refractivity (Wildman–Crippen MR) is 86.2 cm³/mol. The Bertz CT molecular complexity index is 866. The number of nitro benzene ring substituents is 1. The van der Waals surface area contributed by atoms with Crippen LogP contribution < -0.4 is 19.5 Å². The van der Waals surface area contributed by atoms with Gasteiger partial charge in [0, 0.05) is 11.6 Å². The van der Waals surface area contributed by atoms with Crippen molar-refractivity contribution in [3.8, 4) is 17.2 Å². The maximum Gasteiger partial charge on any atom is 0.286 e. The van der Waals surface area contributed by atoms with Crippen LogP contribution >= 0.6 is 0 Å². The number of carbonyl (C=O) groups is 1. The van der Waals surface area contributed by atoms with Gasteiger partial charge in [-0.1, -0.05) is 18.2 Å². The van der Waals surface area contributed by atoms with Crippen LogP contribution in [0.5, 0.6) is 17.2 Å². The number of hydrogen-bond acceptors (Lipinski definition) is 6. The van der Waals surface area contributed by atoms with Gasteiger partial charge in [-0.05, 0) is 6.07 Å². The number of benzene rings is 2. The molecule has 2 aliphatic rings. The summed E-state index contributed by atoms with van der Waals surface area (Å²) >= 11 is 0. The molecule has 0 saturated heterocycles. The van der Waals surface area contributed by atoms with Gasteiger partial charge in [0.05, 0.1) is 17.0 Å². The summed E-state index contributed by atoms with van der Waals surface area (Å²) < 4.78 is 16.3. The first-order valence-electron chi connectivity index (χ1n) is 7.74. The van der Waals surface area contributed by atoms with Gasteiger partial charge >= 0.3 is 0 Å². The van der Waals surface area contributed by atoms with Gasteiger partial charge in [0.15, 0.2) is 11.5 Å². The Balaban J connectivity index is 1.65. The number of nitrogens with one attached hydrogen (secondary N) is 1. The van der Waals surface area contributed by atoms with Gasteiger partial charge in [-0.15, -0.1) is 0 Å². The molecule has 0 unspecified atom stereocenters. The maximum atomic E-state index is 12.7. The number of ether oxygens (including phenoxy) is 3. The lowest BCUT2D eigenvalue weighted by Gasteiger charge is -2.19. The first-order valence-corrected chi connectivity index (χ1v) is 7.74. The smallest absolute Gasteiger partial charge is 0.286 e. The minimum atomic E-state index is -0.605. The zero-order valence-corrected chi connectivity index (χ0v) is 13.1. The highest BCUT2D eigenvalue weighted by Gasteiger charge is 2.30. The molecule has 0 bridgehead atoms. The molecule has 8 nitrogen and oxygen atoms in total. The van der Waals surface area contributed by atoms with Gasteiger partial charge < -0.3 is 19.5 Å². The monoisotopic (exact) mass is 342 g/mol. The lowest BCUT2D eigenvalue weighted by Crippen LogP contribution is -2.30. The molecule has 25 heavy (non-hydrogen) atoms. The molecular weight excluding hydrogens is 328 g/mol. The van der Waals surface area contributed by atoms with E-state index in [0.717, 1.165) is 5.56 Å². The van der Waals surface area contributed by atoms with Gasteiger partial charge in [-0.3, -0.25) is 14.9 Å². The molecule has 1 atom stereocenters. The highest BCUT2D eigenvalue weighted by Crippen LogP contribution is 2.37. The third-order valence-electron chi connectivity index (χ3n) is 4.11. The SMILES string of the molecule is O=C(N[C@H]1COc2ccccc21)c1cc2c(cc1[N+](=O)[O-])OCCO2. The third-order valence-corrected chi connectivity index (χ3v) is 4.11. The highest BCUT2D eigenvalue weighted by atomic mass is 16.6. The zero-order chi connectivity index (χ0) is 17.4. The average Bonchev–Trinajstić information content (AvgIpc) is 3.03. The van der Waals surface area contributed by atoms with Crippen LogP contribution in [-0.4, -0.2) is 30.7 Å². The van der Waals surface area contributed by atoms with Crippen LogP contribution in [0.25, 0.3) is 0 Å². The van der Waals surface area contributed by atoms with Crippen molar-refractivity contribution < 1.29 is 23.9 Å². The summed E-state index contributed by atoms with van der Waals surface area (Å²) in [6, 6.07) is 9.57. The third kappa shape index (κ3) is 2.71. The van der Waals surface area contributed by atoms with Crippen LogP contribution in [-0.2, 0) is 0 Å². The average molecular weight is 342 g/mol. The molecule has 2 aromatic rings. The van der Waals surface area contributed by atoms with Crippen molar-refractivity contribution in [1.29, 1.82) is 0 Å². The van der Waals surface area contributed by atoms with Crippen LogP contribution in [0, 0.1) is 10.1 Å². The fraction of sp³-hybridized carbons (Fsp3) is 0.235. The summed E-state index contributed by atoms with van der Waals surface area (Å²) in [5.41, 5.74) is 0.448. The van der Waals surface area contributed by atoms with Gasteiger partial charge in [0.1, 0.15) is 31.1 Å². The Kier molecular flexibility index (Phi) is 3.64. The summed E-state index contributed by atoms with van der Waals surface area (Å²) in [5.74, 6) is 0.729. The zero-order valence-electron chi connectivity index (χ0n) is 13.1. The molecule has 4 rings (SSSR count). The van der Waals surface area contributed by atoms with Crippen molar-refractivity contribution >= 4 is 11.6 Å². The summed E-state index contributed by atoms with van der Waals surface area (Å²) in [7, 11) is 0. The van der Waals surface area contributed by atoms with E-state index in [2.05, 4.69) is 5.32 Å². The number of rotatable bonds is 3. The quantitative estimate of drug-likeness (QED) is 0.678. The van der Waals surface area contributed by atoms with E-state index in [1.807, 2.05) is 24.3 Å². The minimum absolute atomic E-state index is 0.0707. The summed E-state index contributed by atoms with van der Waals surface area (Å²) in [6.45, 7) is 0.922. The van der Waals surface area contributed by atoms with E-state index < -0.39 is 10.8 Å². The lowest BCUT2D eigenvalue weighted by molar-refractivity contribution is -0.385. The molecule has 0 radical (unpaired) electrons. The Labute approximate surface area is 142 Å². The summed E-state index contributed by atoms with van der Waals surface area (Å²) in [4.78, 5) is 23.4. The second kappa shape index (κ2) is 5.97. The van der Waals surface area contributed by atoms with Crippen molar-refractivity contribution in [3.63, 3.8) is 0 Å². The Morgan fingerprint density at radius 3 is 2.56 bits per heavy atom. The fourth-order valence-corrected chi connectivity index (χ4v) is 2.93.